The molecular formula is C33H26N4O3S. The van der Waals surface area contributed by atoms with Crippen LogP contribution in [-0.4, -0.2) is 28.0 Å². The van der Waals surface area contributed by atoms with E-state index in [-0.39, 0.29) is 6.42 Å². The molecule has 6 aromatic rings. The second-order valence-corrected chi connectivity index (χ2v) is 10.4. The number of amides is 2. The van der Waals surface area contributed by atoms with E-state index in [2.05, 4.69) is 15.6 Å². The van der Waals surface area contributed by atoms with Crippen LogP contribution in [0.3, 0.4) is 0 Å². The number of aromatic amines is 1. The third kappa shape index (κ3) is 6.03. The second kappa shape index (κ2) is 11.9. The highest BCUT2D eigenvalue weighted by Gasteiger charge is 2.26. The van der Waals surface area contributed by atoms with E-state index in [1.807, 2.05) is 97.2 Å². The predicted molar refractivity (Wildman–Crippen MR) is 163 cm³/mol. The molecule has 7 nitrogen and oxygen atoms in total. The molecule has 0 radical (unpaired) electrons. The van der Waals surface area contributed by atoms with Crippen molar-refractivity contribution in [2.45, 2.75) is 12.5 Å². The average Bonchev–Trinajstić information content (AvgIpc) is 3.62. The lowest BCUT2D eigenvalue weighted by Crippen LogP contribution is -2.46. The average molecular weight is 559 g/mol. The van der Waals surface area contributed by atoms with Crippen LogP contribution < -0.4 is 15.4 Å². The summed E-state index contributed by atoms with van der Waals surface area (Å²) >= 11 is 1.39. The fraction of sp³-hybridized carbons (Fsp3) is 0.0606. The largest absolute Gasteiger partial charge is 0.413 e. The first-order valence-electron chi connectivity index (χ1n) is 13.1. The van der Waals surface area contributed by atoms with Crippen molar-refractivity contribution in [1.29, 1.82) is 0 Å². The van der Waals surface area contributed by atoms with Crippen molar-refractivity contribution in [2.75, 3.05) is 5.32 Å². The summed E-state index contributed by atoms with van der Waals surface area (Å²) in [6, 6.07) is 35.5. The molecule has 2 amide bonds. The van der Waals surface area contributed by atoms with Gasteiger partial charge in [-0.05, 0) is 29.3 Å². The van der Waals surface area contributed by atoms with Gasteiger partial charge in [0.2, 0.25) is 5.91 Å². The third-order valence-electron chi connectivity index (χ3n) is 6.60. The van der Waals surface area contributed by atoms with Crippen LogP contribution in [0.25, 0.3) is 32.6 Å². The van der Waals surface area contributed by atoms with Crippen LogP contribution in [0.2, 0.25) is 0 Å². The maximum absolute atomic E-state index is 13.7. The molecule has 1 atom stereocenters. The molecule has 8 heteroatoms. The van der Waals surface area contributed by atoms with E-state index in [0.29, 0.717) is 10.9 Å². The summed E-state index contributed by atoms with van der Waals surface area (Å²) in [6.45, 7) is 0. The summed E-state index contributed by atoms with van der Waals surface area (Å²) < 4.78 is 5.44. The Kier molecular flexibility index (Phi) is 7.55. The Morgan fingerprint density at radius 1 is 0.805 bits per heavy atom. The number of hydrogen-bond donors (Lipinski definition) is 3. The summed E-state index contributed by atoms with van der Waals surface area (Å²) in [4.78, 5) is 35.6. The monoisotopic (exact) mass is 558 g/mol. The van der Waals surface area contributed by atoms with Crippen molar-refractivity contribution in [3.63, 3.8) is 0 Å². The zero-order valence-electron chi connectivity index (χ0n) is 21.9. The number of aromatic nitrogens is 2. The smallest absolute Gasteiger partial charge is 0.410 e. The van der Waals surface area contributed by atoms with Crippen molar-refractivity contribution in [2.24, 2.45) is 0 Å². The summed E-state index contributed by atoms with van der Waals surface area (Å²) in [5.41, 5.74) is 4.58. The van der Waals surface area contributed by atoms with E-state index < -0.39 is 18.0 Å². The Balaban J connectivity index is 1.29. The van der Waals surface area contributed by atoms with Crippen LogP contribution in [0.4, 0.5) is 9.93 Å². The molecule has 0 aliphatic heterocycles. The van der Waals surface area contributed by atoms with Crippen LogP contribution in [0, 0.1) is 0 Å². The Labute approximate surface area is 240 Å². The maximum atomic E-state index is 13.7. The Bertz CT molecular complexity index is 1730. The van der Waals surface area contributed by atoms with E-state index in [4.69, 9.17) is 9.72 Å². The first kappa shape index (κ1) is 26.0. The van der Waals surface area contributed by atoms with E-state index in [1.54, 1.807) is 24.3 Å². The maximum Gasteiger partial charge on any atom is 0.413 e. The Morgan fingerprint density at radius 3 is 2.17 bits per heavy atom. The predicted octanol–water partition coefficient (Wildman–Crippen LogP) is 7.30. The van der Waals surface area contributed by atoms with Gasteiger partial charge in [-0.25, -0.2) is 9.78 Å². The molecule has 0 aliphatic rings. The highest BCUT2D eigenvalue weighted by atomic mass is 32.1. The Hall–Kier alpha value is -5.21. The highest BCUT2D eigenvalue weighted by Crippen LogP contribution is 2.39. The molecule has 0 spiro atoms. The van der Waals surface area contributed by atoms with Crippen molar-refractivity contribution < 1.29 is 14.3 Å². The standard InChI is InChI=1S/C33H26N4O3S/c38-31(37-32-36-29(22-12-4-1-5-13-22)30(41-32)23-14-6-2-7-15-23)28(35-33(39)40-25-16-8-3-9-17-25)20-24-21-34-27-19-11-10-18-26(24)27/h1-19,21,28,34H,20H2,(H,35,39)(H,36,37,38)/t28-/m1/s1. The van der Waals surface area contributed by atoms with Gasteiger partial charge in [0.05, 0.1) is 10.6 Å². The van der Waals surface area contributed by atoms with E-state index >= 15 is 0 Å². The van der Waals surface area contributed by atoms with Gasteiger partial charge in [0.15, 0.2) is 5.13 Å². The molecule has 4 aromatic carbocycles. The lowest BCUT2D eigenvalue weighted by atomic mass is 10.0. The van der Waals surface area contributed by atoms with E-state index in [0.717, 1.165) is 38.2 Å². The fourth-order valence-corrected chi connectivity index (χ4v) is 5.64. The van der Waals surface area contributed by atoms with Gasteiger partial charge in [0.25, 0.3) is 0 Å². The van der Waals surface area contributed by atoms with Crippen LogP contribution in [0.5, 0.6) is 5.75 Å². The van der Waals surface area contributed by atoms with Gasteiger partial charge in [0, 0.05) is 29.1 Å². The number of thiazole rings is 1. The van der Waals surface area contributed by atoms with Gasteiger partial charge in [-0.3, -0.25) is 4.79 Å². The molecule has 0 bridgehead atoms. The van der Waals surface area contributed by atoms with E-state index in [9.17, 15) is 9.59 Å². The van der Waals surface area contributed by atoms with Gasteiger partial charge in [0.1, 0.15) is 11.8 Å². The molecule has 0 saturated heterocycles. The number of benzene rings is 4. The fourth-order valence-electron chi connectivity index (χ4n) is 4.64. The first-order chi connectivity index (χ1) is 20.1. The number of fused-ring (bicyclic) bond motifs is 1. The second-order valence-electron chi connectivity index (χ2n) is 9.38. The Morgan fingerprint density at radius 2 is 1.44 bits per heavy atom. The van der Waals surface area contributed by atoms with Crippen molar-refractivity contribution >= 4 is 39.4 Å². The molecular weight excluding hydrogens is 532 g/mol. The number of nitrogens with zero attached hydrogens (tertiary/aromatic N) is 1. The summed E-state index contributed by atoms with van der Waals surface area (Å²) in [6.07, 6.45) is 1.40. The van der Waals surface area contributed by atoms with Crippen LogP contribution in [0.15, 0.2) is 121 Å². The lowest BCUT2D eigenvalue weighted by molar-refractivity contribution is -0.118. The SMILES string of the molecule is O=C(N[C@H](Cc1c[nH]c2ccccc12)C(=O)Nc1nc(-c2ccccc2)c(-c2ccccc2)s1)Oc1ccccc1. The number of H-pyrrole nitrogens is 1. The number of para-hydroxylation sites is 2. The summed E-state index contributed by atoms with van der Waals surface area (Å²) in [5, 5.41) is 7.14. The number of carbonyl (C=O) groups excluding carboxylic acids is 2. The summed E-state index contributed by atoms with van der Waals surface area (Å²) in [5.74, 6) is -0.00977. The molecule has 41 heavy (non-hydrogen) atoms. The molecule has 2 heterocycles. The minimum absolute atomic E-state index is 0.252. The number of ether oxygens (including phenoxy) is 1. The van der Waals surface area contributed by atoms with Gasteiger partial charge in [-0.2, -0.15) is 0 Å². The van der Waals surface area contributed by atoms with Gasteiger partial charge in [-0.15, -0.1) is 0 Å². The van der Waals surface area contributed by atoms with Crippen LogP contribution in [0.1, 0.15) is 5.56 Å². The van der Waals surface area contributed by atoms with Gasteiger partial charge in [-0.1, -0.05) is 108 Å². The van der Waals surface area contributed by atoms with Crippen molar-refractivity contribution in [1.82, 2.24) is 15.3 Å². The molecule has 2 aromatic heterocycles. The molecule has 0 unspecified atom stereocenters. The topological polar surface area (TPSA) is 96.1 Å². The van der Waals surface area contributed by atoms with E-state index in [1.165, 1.54) is 11.3 Å². The van der Waals surface area contributed by atoms with Gasteiger partial charge >= 0.3 is 6.09 Å². The minimum atomic E-state index is -0.922. The zero-order chi connectivity index (χ0) is 28.0. The number of anilines is 1. The lowest BCUT2D eigenvalue weighted by Gasteiger charge is -2.17. The molecule has 202 valence electrons. The number of rotatable bonds is 8. The summed E-state index contributed by atoms with van der Waals surface area (Å²) in [7, 11) is 0. The van der Waals surface area contributed by atoms with Crippen molar-refractivity contribution in [3.05, 3.63) is 127 Å². The minimum Gasteiger partial charge on any atom is -0.410 e. The van der Waals surface area contributed by atoms with Gasteiger partial charge < -0.3 is 20.4 Å². The number of hydrogen-bond acceptors (Lipinski definition) is 5. The number of nitrogens with one attached hydrogen (secondary N) is 3. The molecule has 3 N–H and O–H groups in total. The molecule has 0 aliphatic carbocycles. The zero-order valence-corrected chi connectivity index (χ0v) is 22.7. The molecule has 0 fully saturated rings. The van der Waals surface area contributed by atoms with Crippen LogP contribution in [-0.2, 0) is 11.2 Å². The molecule has 0 saturated carbocycles. The third-order valence-corrected chi connectivity index (χ3v) is 7.62. The first-order valence-corrected chi connectivity index (χ1v) is 14.0. The van der Waals surface area contributed by atoms with Crippen molar-refractivity contribution in [3.8, 4) is 27.4 Å². The molecule has 6 rings (SSSR count). The quantitative estimate of drug-likeness (QED) is 0.183. The van der Waals surface area contributed by atoms with Crippen LogP contribution >= 0.6 is 11.3 Å². The normalized spacial score (nSPS) is 11.6. The highest BCUT2D eigenvalue weighted by molar-refractivity contribution is 7.19. The number of carbonyl (C=O) groups is 2.